The van der Waals surface area contributed by atoms with Crippen LogP contribution in [0.3, 0.4) is 0 Å². The minimum atomic E-state index is -3.58. The number of sulfonamides is 1. The van der Waals surface area contributed by atoms with Crippen molar-refractivity contribution in [2.75, 3.05) is 13.7 Å². The first-order valence-corrected chi connectivity index (χ1v) is 8.55. The van der Waals surface area contributed by atoms with Crippen molar-refractivity contribution < 1.29 is 17.9 Å². The fourth-order valence-electron chi connectivity index (χ4n) is 2.70. The highest BCUT2D eigenvalue weighted by Gasteiger charge is 2.29. The molecule has 0 spiro atoms. The molecule has 0 atom stereocenters. The Labute approximate surface area is 134 Å². The minimum absolute atomic E-state index is 0.180. The molecule has 1 aliphatic rings. The number of nitrogens with zero attached hydrogens (tertiary/aromatic N) is 2. The molecule has 1 aromatic carbocycles. The summed E-state index contributed by atoms with van der Waals surface area (Å²) in [5, 5.41) is 0. The van der Waals surface area contributed by atoms with Gasteiger partial charge in [0.25, 0.3) is 0 Å². The molecular weight excluding hydrogens is 316 g/mol. The Bertz CT molecular complexity index is 835. The maximum absolute atomic E-state index is 12.7. The molecule has 7 heteroatoms. The number of pyridine rings is 1. The van der Waals surface area contributed by atoms with E-state index in [1.54, 1.807) is 18.2 Å². The number of carbonyl (C=O) groups is 1. The molecule has 2 heterocycles. The van der Waals surface area contributed by atoms with Gasteiger partial charge in [-0.05, 0) is 41.8 Å². The van der Waals surface area contributed by atoms with Crippen LogP contribution in [0, 0.1) is 0 Å². The maximum atomic E-state index is 12.7. The van der Waals surface area contributed by atoms with Gasteiger partial charge in [0.15, 0.2) is 6.29 Å². The van der Waals surface area contributed by atoms with E-state index >= 15 is 0 Å². The first-order chi connectivity index (χ1) is 11.1. The molecule has 6 nitrogen and oxygen atoms in total. The van der Waals surface area contributed by atoms with Crippen LogP contribution in [-0.2, 0) is 23.0 Å². The summed E-state index contributed by atoms with van der Waals surface area (Å²) < 4.78 is 32.0. The van der Waals surface area contributed by atoms with Crippen LogP contribution >= 0.6 is 0 Å². The molecule has 0 unspecified atom stereocenters. The number of methoxy groups -OCH3 is 1. The van der Waals surface area contributed by atoms with Crippen LogP contribution in [0.25, 0.3) is 0 Å². The number of carbonyl (C=O) groups excluding carboxylic acids is 1. The zero-order chi connectivity index (χ0) is 16.4. The minimum Gasteiger partial charge on any atom is -0.496 e. The highest BCUT2D eigenvalue weighted by Crippen LogP contribution is 2.29. The number of aromatic nitrogens is 1. The molecule has 0 aliphatic carbocycles. The van der Waals surface area contributed by atoms with E-state index in [0.29, 0.717) is 24.3 Å². The average Bonchev–Trinajstić information content (AvgIpc) is 2.60. The van der Waals surface area contributed by atoms with E-state index in [-0.39, 0.29) is 11.4 Å². The number of benzene rings is 1. The third-order valence-corrected chi connectivity index (χ3v) is 5.76. The van der Waals surface area contributed by atoms with Gasteiger partial charge >= 0.3 is 0 Å². The molecule has 23 heavy (non-hydrogen) atoms. The van der Waals surface area contributed by atoms with Crippen LogP contribution < -0.4 is 4.74 Å². The highest BCUT2D eigenvalue weighted by molar-refractivity contribution is 7.89. The smallest absolute Gasteiger partial charge is 0.244 e. The predicted molar refractivity (Wildman–Crippen MR) is 83.9 cm³/mol. The lowest BCUT2D eigenvalue weighted by Gasteiger charge is -2.28. The number of rotatable bonds is 4. The van der Waals surface area contributed by atoms with Crippen molar-refractivity contribution in [1.82, 2.24) is 9.29 Å². The molecule has 0 saturated carbocycles. The van der Waals surface area contributed by atoms with Gasteiger partial charge in [0.1, 0.15) is 10.6 Å². The Kier molecular flexibility index (Phi) is 4.14. The Morgan fingerprint density at radius 1 is 1.30 bits per heavy atom. The second kappa shape index (κ2) is 6.10. The zero-order valence-electron chi connectivity index (χ0n) is 12.6. The number of ether oxygens (including phenoxy) is 1. The highest BCUT2D eigenvalue weighted by atomic mass is 32.2. The van der Waals surface area contributed by atoms with Gasteiger partial charge in [-0.25, -0.2) is 8.42 Å². The molecule has 0 saturated heterocycles. The van der Waals surface area contributed by atoms with Gasteiger partial charge in [0.05, 0.1) is 12.7 Å². The summed E-state index contributed by atoms with van der Waals surface area (Å²) in [5.74, 6) is 0.458. The van der Waals surface area contributed by atoms with E-state index in [9.17, 15) is 13.2 Å². The molecule has 3 rings (SSSR count). The summed E-state index contributed by atoms with van der Waals surface area (Å²) in [6.07, 6.45) is 4.19. The van der Waals surface area contributed by atoms with Crippen LogP contribution in [0.2, 0.25) is 0 Å². The van der Waals surface area contributed by atoms with E-state index in [1.807, 2.05) is 0 Å². The van der Waals surface area contributed by atoms with E-state index in [1.165, 1.54) is 29.9 Å². The first kappa shape index (κ1) is 15.6. The van der Waals surface area contributed by atoms with Gasteiger partial charge in [-0.3, -0.25) is 9.78 Å². The molecule has 120 valence electrons. The third-order valence-electron chi connectivity index (χ3n) is 3.93. The van der Waals surface area contributed by atoms with Crippen molar-refractivity contribution in [1.29, 1.82) is 0 Å². The van der Waals surface area contributed by atoms with Crippen molar-refractivity contribution in [3.8, 4) is 5.75 Å². The first-order valence-electron chi connectivity index (χ1n) is 7.11. The molecule has 1 aromatic heterocycles. The number of hydrogen-bond donors (Lipinski definition) is 0. The number of aldehydes is 1. The number of fused-ring (bicyclic) bond motifs is 1. The lowest BCUT2D eigenvalue weighted by molar-refractivity contribution is 0.112. The average molecular weight is 332 g/mol. The second-order valence-corrected chi connectivity index (χ2v) is 7.20. The second-order valence-electron chi connectivity index (χ2n) is 5.26. The Morgan fingerprint density at radius 2 is 2.13 bits per heavy atom. The molecular formula is C16H16N2O4S. The standard InChI is InChI=1S/C16H16N2O4S/c1-22-16-8-13-10-18(6-4-12(13)7-14(16)11-19)23(20,21)15-3-2-5-17-9-15/h2-3,5,7-9,11H,4,6,10H2,1H3. The molecule has 2 aromatic rings. The summed E-state index contributed by atoms with van der Waals surface area (Å²) in [6, 6.07) is 6.65. The summed E-state index contributed by atoms with van der Waals surface area (Å²) in [6.45, 7) is 0.622. The summed E-state index contributed by atoms with van der Waals surface area (Å²) in [4.78, 5) is 15.1. The quantitative estimate of drug-likeness (QED) is 0.796. The zero-order valence-corrected chi connectivity index (χ0v) is 13.4. The van der Waals surface area contributed by atoms with Gasteiger partial charge < -0.3 is 4.74 Å². The summed E-state index contributed by atoms with van der Waals surface area (Å²) in [5.41, 5.74) is 2.31. The fraction of sp³-hybridized carbons (Fsp3) is 0.250. The molecule has 1 aliphatic heterocycles. The molecule has 0 N–H and O–H groups in total. The molecule has 0 bridgehead atoms. The molecule has 0 radical (unpaired) electrons. The monoisotopic (exact) mass is 332 g/mol. The van der Waals surface area contributed by atoms with E-state index in [0.717, 1.165) is 17.4 Å². The Morgan fingerprint density at radius 3 is 2.78 bits per heavy atom. The summed E-state index contributed by atoms with van der Waals surface area (Å²) >= 11 is 0. The summed E-state index contributed by atoms with van der Waals surface area (Å²) in [7, 11) is -2.09. The van der Waals surface area contributed by atoms with E-state index in [2.05, 4.69) is 4.98 Å². The van der Waals surface area contributed by atoms with Crippen LogP contribution in [0.1, 0.15) is 21.5 Å². The lowest BCUT2D eigenvalue weighted by Crippen LogP contribution is -2.36. The predicted octanol–water partition coefficient (Wildman–Crippen LogP) is 1.65. The lowest BCUT2D eigenvalue weighted by atomic mass is 9.98. The van der Waals surface area contributed by atoms with Crippen LogP contribution in [0.15, 0.2) is 41.6 Å². The van der Waals surface area contributed by atoms with E-state index < -0.39 is 10.0 Å². The molecule has 0 fully saturated rings. The maximum Gasteiger partial charge on any atom is 0.244 e. The van der Waals surface area contributed by atoms with Crippen molar-refractivity contribution >= 4 is 16.3 Å². The Balaban J connectivity index is 1.95. The van der Waals surface area contributed by atoms with Gasteiger partial charge in [-0.2, -0.15) is 4.31 Å². The van der Waals surface area contributed by atoms with Gasteiger partial charge in [0.2, 0.25) is 10.0 Å². The normalized spacial score (nSPS) is 15.0. The third kappa shape index (κ3) is 2.85. The van der Waals surface area contributed by atoms with Crippen LogP contribution in [-0.4, -0.2) is 37.6 Å². The Hall–Kier alpha value is -2.25. The van der Waals surface area contributed by atoms with Crippen molar-refractivity contribution in [3.05, 3.63) is 53.3 Å². The van der Waals surface area contributed by atoms with Crippen LogP contribution in [0.4, 0.5) is 0 Å². The van der Waals surface area contributed by atoms with E-state index in [4.69, 9.17) is 4.74 Å². The van der Waals surface area contributed by atoms with Crippen LogP contribution in [0.5, 0.6) is 5.75 Å². The SMILES string of the molecule is COc1cc2c(cc1C=O)CCN(S(=O)(=O)c1cccnc1)C2. The number of hydrogen-bond acceptors (Lipinski definition) is 5. The van der Waals surface area contributed by atoms with Crippen molar-refractivity contribution in [2.45, 2.75) is 17.9 Å². The topological polar surface area (TPSA) is 76.6 Å². The van der Waals surface area contributed by atoms with Gasteiger partial charge in [-0.15, -0.1) is 0 Å². The van der Waals surface area contributed by atoms with Gasteiger partial charge in [-0.1, -0.05) is 0 Å². The fourth-order valence-corrected chi connectivity index (χ4v) is 4.09. The van der Waals surface area contributed by atoms with Gasteiger partial charge in [0, 0.05) is 25.5 Å². The molecule has 0 amide bonds. The van der Waals surface area contributed by atoms with Crippen molar-refractivity contribution in [3.63, 3.8) is 0 Å². The van der Waals surface area contributed by atoms with Crippen molar-refractivity contribution in [2.24, 2.45) is 0 Å². The largest absolute Gasteiger partial charge is 0.496 e.